The summed E-state index contributed by atoms with van der Waals surface area (Å²) in [6.45, 7) is 6.78. The van der Waals surface area contributed by atoms with E-state index in [4.69, 9.17) is 4.74 Å². The highest BCUT2D eigenvalue weighted by Gasteiger charge is 2.26. The van der Waals surface area contributed by atoms with E-state index in [9.17, 15) is 9.81 Å². The molecular weight excluding hydrogens is 410 g/mol. The van der Waals surface area contributed by atoms with Gasteiger partial charge < -0.3 is 19.9 Å². The van der Waals surface area contributed by atoms with Crippen LogP contribution >= 0.6 is 0 Å². The second-order valence-corrected chi connectivity index (χ2v) is 8.90. The molecule has 0 aromatic carbocycles. The molecule has 1 aliphatic carbocycles. The Bertz CT molecular complexity index is 762. The summed E-state index contributed by atoms with van der Waals surface area (Å²) in [5.74, 6) is 1.46. The van der Waals surface area contributed by atoms with Crippen molar-refractivity contribution in [1.29, 1.82) is 5.26 Å². The van der Waals surface area contributed by atoms with Crippen LogP contribution in [0.3, 0.4) is 0 Å². The SMILES string of the molecule is C/C=C(\C=C/CNC1=N/CN/C=C(/C#N)CC/C(C2CC2)=C\1)[S+]([O-])N(CC)CCOC. The van der Waals surface area contributed by atoms with Crippen LogP contribution in [-0.4, -0.2) is 54.7 Å². The molecule has 170 valence electrons. The zero-order valence-corrected chi connectivity index (χ0v) is 19.7. The molecule has 0 amide bonds. The van der Waals surface area contributed by atoms with E-state index in [2.05, 4.69) is 27.8 Å². The summed E-state index contributed by atoms with van der Waals surface area (Å²) in [6, 6.07) is 2.26. The Balaban J connectivity index is 1.97. The predicted octanol–water partition coefficient (Wildman–Crippen LogP) is 3.15. The third kappa shape index (κ3) is 8.91. The van der Waals surface area contributed by atoms with Crippen LogP contribution in [-0.2, 0) is 16.1 Å². The molecule has 1 aliphatic heterocycles. The Hall–Kier alpha value is -2.05. The average Bonchev–Trinajstić information content (AvgIpc) is 3.63. The largest absolute Gasteiger partial charge is 0.593 e. The van der Waals surface area contributed by atoms with Gasteiger partial charge in [0, 0.05) is 32.0 Å². The number of likely N-dealkylation sites (N-methyl/N-ethyl adjacent to an activating group) is 1. The molecule has 0 radical (unpaired) electrons. The first kappa shape index (κ1) is 25.2. The van der Waals surface area contributed by atoms with Gasteiger partial charge in [-0.25, -0.2) is 4.99 Å². The number of hydrogen-bond donors (Lipinski definition) is 2. The van der Waals surface area contributed by atoms with Crippen LogP contribution in [0.25, 0.3) is 0 Å². The van der Waals surface area contributed by atoms with Crippen LogP contribution in [0, 0.1) is 17.2 Å². The Morgan fingerprint density at radius 3 is 2.94 bits per heavy atom. The fourth-order valence-electron chi connectivity index (χ4n) is 3.21. The number of nitrogens with zero attached hydrogens (tertiary/aromatic N) is 3. The first-order valence-corrected chi connectivity index (χ1v) is 12.0. The van der Waals surface area contributed by atoms with Gasteiger partial charge >= 0.3 is 0 Å². The second kappa shape index (κ2) is 14.1. The summed E-state index contributed by atoms with van der Waals surface area (Å²) in [6.07, 6.45) is 13.8. The van der Waals surface area contributed by atoms with E-state index in [1.165, 1.54) is 18.4 Å². The molecule has 1 unspecified atom stereocenters. The summed E-state index contributed by atoms with van der Waals surface area (Å²) < 4.78 is 19.8. The highest BCUT2D eigenvalue weighted by atomic mass is 32.2. The predicted molar refractivity (Wildman–Crippen MR) is 127 cm³/mol. The van der Waals surface area contributed by atoms with Crippen molar-refractivity contribution in [3.63, 3.8) is 0 Å². The first-order chi connectivity index (χ1) is 15.1. The minimum atomic E-state index is -1.21. The molecule has 0 aromatic rings. The molecule has 2 N–H and O–H groups in total. The van der Waals surface area contributed by atoms with Crippen molar-refractivity contribution in [2.24, 2.45) is 10.9 Å². The molecule has 2 aliphatic rings. The lowest BCUT2D eigenvalue weighted by Crippen LogP contribution is -2.34. The Morgan fingerprint density at radius 2 is 2.29 bits per heavy atom. The van der Waals surface area contributed by atoms with Crippen molar-refractivity contribution < 1.29 is 9.29 Å². The molecule has 1 saturated carbocycles. The average molecular weight is 446 g/mol. The number of amidine groups is 1. The number of nitriles is 1. The van der Waals surface area contributed by atoms with E-state index >= 15 is 0 Å². The third-order valence-electron chi connectivity index (χ3n) is 5.17. The minimum absolute atomic E-state index is 0.417. The van der Waals surface area contributed by atoms with Crippen LogP contribution < -0.4 is 10.6 Å². The standard InChI is InChI=1S/C23H35N5O2S/c1-4-22(31(29)28(5-2)13-14-30-3)7-6-12-26-23-15-21(20-10-11-20)9-8-19(16-24)17-25-18-27-23/h4,6-7,15,17,20,25H,5,8-14,18H2,1-3H3,(H,26,27)/b7-6-,19-17+,21-15+,22-4+. The Morgan fingerprint density at radius 1 is 1.48 bits per heavy atom. The molecule has 0 spiro atoms. The van der Waals surface area contributed by atoms with Crippen molar-refractivity contribution in [1.82, 2.24) is 14.9 Å². The van der Waals surface area contributed by atoms with E-state index < -0.39 is 11.4 Å². The van der Waals surface area contributed by atoms with Crippen LogP contribution in [0.2, 0.25) is 0 Å². The van der Waals surface area contributed by atoms with Crippen LogP contribution in [0.4, 0.5) is 0 Å². The molecular formula is C23H35N5O2S. The second-order valence-electron chi connectivity index (χ2n) is 7.42. The van der Waals surface area contributed by atoms with Gasteiger partial charge in [0.1, 0.15) is 12.5 Å². The molecule has 7 nitrogen and oxygen atoms in total. The summed E-state index contributed by atoms with van der Waals surface area (Å²) in [4.78, 5) is 5.37. The molecule has 1 fully saturated rings. The molecule has 8 heteroatoms. The zero-order valence-electron chi connectivity index (χ0n) is 18.9. The summed E-state index contributed by atoms with van der Waals surface area (Å²) in [5, 5.41) is 15.7. The lowest BCUT2D eigenvalue weighted by atomic mass is 10.0. The highest BCUT2D eigenvalue weighted by molar-refractivity contribution is 7.93. The molecule has 1 heterocycles. The molecule has 2 rings (SSSR count). The van der Waals surface area contributed by atoms with Crippen molar-refractivity contribution in [2.75, 3.05) is 40.0 Å². The smallest absolute Gasteiger partial charge is 0.169 e. The van der Waals surface area contributed by atoms with E-state index in [1.54, 1.807) is 13.3 Å². The van der Waals surface area contributed by atoms with Gasteiger partial charge in [-0.1, -0.05) is 11.6 Å². The fourth-order valence-corrected chi connectivity index (χ4v) is 4.40. The van der Waals surface area contributed by atoms with Gasteiger partial charge in [-0.05, 0) is 63.7 Å². The maximum absolute atomic E-state index is 12.8. The third-order valence-corrected chi connectivity index (χ3v) is 6.85. The number of hydrogen-bond acceptors (Lipinski definition) is 7. The molecule has 0 aromatic heterocycles. The molecule has 31 heavy (non-hydrogen) atoms. The van der Waals surface area contributed by atoms with Crippen molar-refractivity contribution in [2.45, 2.75) is 39.5 Å². The molecule has 1 atom stereocenters. The van der Waals surface area contributed by atoms with Gasteiger partial charge in [0.15, 0.2) is 4.91 Å². The quantitative estimate of drug-likeness (QED) is 0.396. The van der Waals surface area contributed by atoms with Gasteiger partial charge in [0.25, 0.3) is 0 Å². The van der Waals surface area contributed by atoms with Crippen molar-refractivity contribution in [3.8, 4) is 6.07 Å². The first-order valence-electron chi connectivity index (χ1n) is 10.9. The lowest BCUT2D eigenvalue weighted by Gasteiger charge is -2.22. The Labute approximate surface area is 189 Å². The van der Waals surface area contributed by atoms with E-state index in [1.807, 2.05) is 36.4 Å². The fraction of sp³-hybridized carbons (Fsp3) is 0.565. The maximum Gasteiger partial charge on any atom is 0.169 e. The van der Waals surface area contributed by atoms with Gasteiger partial charge in [-0.2, -0.15) is 5.26 Å². The van der Waals surface area contributed by atoms with Gasteiger partial charge in [0.05, 0.1) is 30.6 Å². The van der Waals surface area contributed by atoms with Crippen molar-refractivity contribution >= 4 is 17.2 Å². The normalized spacial score (nSPS) is 24.3. The Kier molecular flexibility index (Phi) is 11.5. The van der Waals surface area contributed by atoms with Crippen LogP contribution in [0.1, 0.15) is 39.5 Å². The number of allylic oxidation sites excluding steroid dienone is 4. The van der Waals surface area contributed by atoms with Crippen LogP contribution in [0.5, 0.6) is 0 Å². The monoisotopic (exact) mass is 445 g/mol. The summed E-state index contributed by atoms with van der Waals surface area (Å²) in [5.41, 5.74) is 2.13. The molecule has 0 bridgehead atoms. The van der Waals surface area contributed by atoms with Gasteiger partial charge in [0.2, 0.25) is 0 Å². The topological polar surface area (TPSA) is 95.7 Å². The lowest BCUT2D eigenvalue weighted by molar-refractivity contribution is 0.181. The zero-order chi connectivity index (χ0) is 22.5. The minimum Gasteiger partial charge on any atom is -0.593 e. The van der Waals surface area contributed by atoms with E-state index in [0.29, 0.717) is 38.8 Å². The summed E-state index contributed by atoms with van der Waals surface area (Å²) >= 11 is -1.21. The van der Waals surface area contributed by atoms with Gasteiger partial charge in [-0.3, -0.25) is 0 Å². The van der Waals surface area contributed by atoms with E-state index in [-0.39, 0.29) is 0 Å². The van der Waals surface area contributed by atoms with Crippen LogP contribution in [0.15, 0.2) is 51.5 Å². The number of methoxy groups -OCH3 is 1. The molecule has 0 saturated heterocycles. The number of rotatable bonds is 10. The van der Waals surface area contributed by atoms with E-state index in [0.717, 1.165) is 29.2 Å². The number of ether oxygens (including phenoxy) is 1. The number of aliphatic imine (C=N–C) groups is 1. The van der Waals surface area contributed by atoms with Crippen molar-refractivity contribution in [3.05, 3.63) is 46.6 Å². The summed E-state index contributed by atoms with van der Waals surface area (Å²) in [7, 11) is 1.65. The number of nitrogens with one attached hydrogen (secondary N) is 2. The highest BCUT2D eigenvalue weighted by Crippen LogP contribution is 2.39. The van der Waals surface area contributed by atoms with Gasteiger partial charge in [-0.15, -0.1) is 4.31 Å². The maximum atomic E-state index is 12.8.